The van der Waals surface area contributed by atoms with Crippen LogP contribution in [-0.2, 0) is 4.74 Å². The smallest absolute Gasteiger partial charge is 0.119 e. The van der Waals surface area contributed by atoms with Crippen molar-refractivity contribution in [3.63, 3.8) is 0 Å². The maximum Gasteiger partial charge on any atom is 0.119 e. The maximum absolute atomic E-state index is 10.4. The third kappa shape index (κ3) is 3.72. The van der Waals surface area contributed by atoms with Crippen molar-refractivity contribution in [2.24, 2.45) is 0 Å². The molecule has 3 nitrogen and oxygen atoms in total. The van der Waals surface area contributed by atoms with E-state index in [1.807, 2.05) is 32.0 Å². The fourth-order valence-corrected chi connectivity index (χ4v) is 2.14. The first-order valence-electron chi connectivity index (χ1n) is 6.58. The van der Waals surface area contributed by atoms with Gasteiger partial charge >= 0.3 is 0 Å². The zero-order valence-corrected chi connectivity index (χ0v) is 11.8. The fourth-order valence-electron chi connectivity index (χ4n) is 2.14. The normalized spacial score (nSPS) is 14.3. The van der Waals surface area contributed by atoms with E-state index >= 15 is 0 Å². The maximum atomic E-state index is 10.4. The van der Waals surface area contributed by atoms with Crippen LogP contribution in [0.3, 0.4) is 0 Å². The fraction of sp³-hybridized carbons (Fsp3) is 0.600. The topological polar surface area (TPSA) is 38.7 Å². The van der Waals surface area contributed by atoms with Crippen molar-refractivity contribution in [2.45, 2.75) is 45.8 Å². The minimum atomic E-state index is -0.573. The first-order chi connectivity index (χ1) is 8.63. The van der Waals surface area contributed by atoms with Gasteiger partial charge in [0, 0.05) is 6.61 Å². The number of benzene rings is 1. The van der Waals surface area contributed by atoms with E-state index in [0.717, 1.165) is 29.7 Å². The molecule has 0 saturated heterocycles. The number of aliphatic hydroxyl groups excluding tert-OH is 1. The average molecular weight is 252 g/mol. The second-order valence-electron chi connectivity index (χ2n) is 4.45. The predicted molar refractivity (Wildman–Crippen MR) is 73.0 cm³/mol. The second-order valence-corrected chi connectivity index (χ2v) is 4.45. The molecule has 0 aliphatic carbocycles. The summed E-state index contributed by atoms with van der Waals surface area (Å²) >= 11 is 0. The van der Waals surface area contributed by atoms with Crippen LogP contribution in [0.2, 0.25) is 0 Å². The summed E-state index contributed by atoms with van der Waals surface area (Å²) in [7, 11) is 1.64. The van der Waals surface area contributed by atoms with E-state index < -0.39 is 6.10 Å². The Balaban J connectivity index is 2.89. The van der Waals surface area contributed by atoms with Gasteiger partial charge in [0.2, 0.25) is 0 Å². The Labute approximate surface area is 110 Å². The van der Waals surface area contributed by atoms with Crippen molar-refractivity contribution >= 4 is 0 Å². The quantitative estimate of drug-likeness (QED) is 0.809. The summed E-state index contributed by atoms with van der Waals surface area (Å²) in [6, 6.07) is 5.73. The molecular weight excluding hydrogens is 228 g/mol. The van der Waals surface area contributed by atoms with E-state index in [4.69, 9.17) is 9.47 Å². The second kappa shape index (κ2) is 7.39. The molecule has 0 bridgehead atoms. The molecule has 2 atom stereocenters. The molecule has 0 aromatic heterocycles. The molecule has 2 unspecified atom stereocenters. The minimum absolute atomic E-state index is 0.132. The lowest BCUT2D eigenvalue weighted by Crippen LogP contribution is -2.23. The highest BCUT2D eigenvalue weighted by atomic mass is 16.5. The molecule has 0 fully saturated rings. The summed E-state index contributed by atoms with van der Waals surface area (Å²) in [5, 5.41) is 10.4. The monoisotopic (exact) mass is 252 g/mol. The largest absolute Gasteiger partial charge is 0.497 e. The van der Waals surface area contributed by atoms with Crippen LogP contribution in [-0.4, -0.2) is 24.9 Å². The van der Waals surface area contributed by atoms with Crippen LogP contribution in [0.25, 0.3) is 0 Å². The lowest BCUT2D eigenvalue weighted by atomic mass is 9.97. The molecular formula is C15H24O3. The van der Waals surface area contributed by atoms with Crippen molar-refractivity contribution in [2.75, 3.05) is 13.7 Å². The molecule has 0 saturated carbocycles. The van der Waals surface area contributed by atoms with Gasteiger partial charge in [0.15, 0.2) is 0 Å². The molecule has 0 amide bonds. The molecule has 1 rings (SSSR count). The van der Waals surface area contributed by atoms with E-state index in [9.17, 15) is 5.11 Å². The molecule has 0 heterocycles. The Kier molecular flexibility index (Phi) is 6.16. The van der Waals surface area contributed by atoms with Crippen molar-refractivity contribution in [1.29, 1.82) is 0 Å². The van der Waals surface area contributed by atoms with Crippen LogP contribution < -0.4 is 4.74 Å². The highest BCUT2D eigenvalue weighted by Gasteiger charge is 2.22. The molecule has 0 radical (unpaired) electrons. The standard InChI is InChI=1S/C15H24O3/c1-5-7-14(18-6-2)15(16)13-9-8-12(17-4)10-11(13)3/h8-10,14-16H,5-7H2,1-4H3. The Morgan fingerprint density at radius 2 is 2.00 bits per heavy atom. The summed E-state index contributed by atoms with van der Waals surface area (Å²) in [5.41, 5.74) is 1.95. The number of aryl methyl sites for hydroxylation is 1. The summed E-state index contributed by atoms with van der Waals surface area (Å²) in [4.78, 5) is 0. The SMILES string of the molecule is CCCC(OCC)C(O)c1ccc(OC)cc1C. The van der Waals surface area contributed by atoms with Gasteiger partial charge in [0.1, 0.15) is 11.9 Å². The summed E-state index contributed by atoms with van der Waals surface area (Å²) in [6.07, 6.45) is 1.15. The highest BCUT2D eigenvalue weighted by molar-refractivity contribution is 5.36. The van der Waals surface area contributed by atoms with Crippen LogP contribution in [0.15, 0.2) is 18.2 Å². The Hall–Kier alpha value is -1.06. The van der Waals surface area contributed by atoms with Crippen molar-refractivity contribution in [1.82, 2.24) is 0 Å². The summed E-state index contributed by atoms with van der Waals surface area (Å²) in [5.74, 6) is 0.812. The third-order valence-electron chi connectivity index (χ3n) is 3.10. The molecule has 1 aromatic rings. The molecule has 0 spiro atoms. The van der Waals surface area contributed by atoms with Gasteiger partial charge in [-0.3, -0.25) is 0 Å². The zero-order chi connectivity index (χ0) is 13.5. The van der Waals surface area contributed by atoms with Crippen LogP contribution in [0.1, 0.15) is 43.9 Å². The van der Waals surface area contributed by atoms with Gasteiger partial charge in [-0.1, -0.05) is 19.4 Å². The van der Waals surface area contributed by atoms with Crippen molar-refractivity contribution in [3.05, 3.63) is 29.3 Å². The Morgan fingerprint density at radius 3 is 2.50 bits per heavy atom. The number of aliphatic hydroxyl groups is 1. The molecule has 1 N–H and O–H groups in total. The molecule has 1 aromatic carbocycles. The van der Waals surface area contributed by atoms with Crippen LogP contribution >= 0.6 is 0 Å². The van der Waals surface area contributed by atoms with E-state index in [-0.39, 0.29) is 6.10 Å². The molecule has 18 heavy (non-hydrogen) atoms. The third-order valence-corrected chi connectivity index (χ3v) is 3.10. The van der Waals surface area contributed by atoms with Gasteiger partial charge in [0.05, 0.1) is 13.2 Å². The number of methoxy groups -OCH3 is 1. The van der Waals surface area contributed by atoms with Gasteiger partial charge in [-0.2, -0.15) is 0 Å². The first kappa shape index (κ1) is 15.0. The summed E-state index contributed by atoms with van der Waals surface area (Å²) < 4.78 is 10.8. The van der Waals surface area contributed by atoms with Gasteiger partial charge < -0.3 is 14.6 Å². The van der Waals surface area contributed by atoms with E-state index in [1.54, 1.807) is 7.11 Å². The lowest BCUT2D eigenvalue weighted by Gasteiger charge is -2.24. The first-order valence-corrected chi connectivity index (χ1v) is 6.58. The molecule has 0 aliphatic heterocycles. The average Bonchev–Trinajstić information content (AvgIpc) is 2.37. The van der Waals surface area contributed by atoms with Crippen molar-refractivity contribution < 1.29 is 14.6 Å². The van der Waals surface area contributed by atoms with E-state index in [1.165, 1.54) is 0 Å². The number of hydrogen-bond donors (Lipinski definition) is 1. The van der Waals surface area contributed by atoms with E-state index in [2.05, 4.69) is 6.92 Å². The predicted octanol–water partition coefficient (Wildman–Crippen LogP) is 3.24. The molecule has 3 heteroatoms. The number of hydrogen-bond acceptors (Lipinski definition) is 3. The van der Waals surface area contributed by atoms with Crippen LogP contribution in [0.4, 0.5) is 0 Å². The van der Waals surface area contributed by atoms with Crippen LogP contribution in [0, 0.1) is 6.92 Å². The van der Waals surface area contributed by atoms with Gasteiger partial charge in [-0.25, -0.2) is 0 Å². The Bertz CT molecular complexity index is 357. The number of rotatable bonds is 7. The minimum Gasteiger partial charge on any atom is -0.497 e. The number of ether oxygens (including phenoxy) is 2. The zero-order valence-electron chi connectivity index (χ0n) is 11.8. The highest BCUT2D eigenvalue weighted by Crippen LogP contribution is 2.27. The van der Waals surface area contributed by atoms with Gasteiger partial charge in [-0.05, 0) is 43.5 Å². The van der Waals surface area contributed by atoms with Crippen LogP contribution in [0.5, 0.6) is 5.75 Å². The summed E-state index contributed by atoms with van der Waals surface area (Å²) in [6.45, 7) is 6.66. The van der Waals surface area contributed by atoms with E-state index in [0.29, 0.717) is 6.61 Å². The van der Waals surface area contributed by atoms with Gasteiger partial charge in [-0.15, -0.1) is 0 Å². The van der Waals surface area contributed by atoms with Gasteiger partial charge in [0.25, 0.3) is 0 Å². The Morgan fingerprint density at radius 1 is 1.28 bits per heavy atom. The van der Waals surface area contributed by atoms with Crippen molar-refractivity contribution in [3.8, 4) is 5.75 Å². The molecule has 0 aliphatic rings. The molecule has 102 valence electrons. The lowest BCUT2D eigenvalue weighted by molar-refractivity contribution is -0.0387.